The SMILES string of the molecule is CCC(=O)N1CCC[C@H]1c1cccc(C(N)=O)n1. The van der Waals surface area contributed by atoms with E-state index in [-0.39, 0.29) is 17.6 Å². The summed E-state index contributed by atoms with van der Waals surface area (Å²) in [4.78, 5) is 29.0. The number of carbonyl (C=O) groups excluding carboxylic acids is 2. The van der Waals surface area contributed by atoms with E-state index in [9.17, 15) is 9.59 Å². The van der Waals surface area contributed by atoms with Crippen LogP contribution in [0.5, 0.6) is 0 Å². The molecule has 0 unspecified atom stereocenters. The Balaban J connectivity index is 2.27. The monoisotopic (exact) mass is 247 g/mol. The zero-order valence-electron chi connectivity index (χ0n) is 10.4. The van der Waals surface area contributed by atoms with Crippen LogP contribution in [0, 0.1) is 0 Å². The summed E-state index contributed by atoms with van der Waals surface area (Å²) in [6.45, 7) is 2.62. The molecule has 96 valence electrons. The molecule has 5 nitrogen and oxygen atoms in total. The first-order chi connectivity index (χ1) is 8.63. The smallest absolute Gasteiger partial charge is 0.267 e. The van der Waals surface area contributed by atoms with Gasteiger partial charge in [-0.25, -0.2) is 4.98 Å². The summed E-state index contributed by atoms with van der Waals surface area (Å²) in [6.07, 6.45) is 2.35. The van der Waals surface area contributed by atoms with Crippen LogP contribution in [0.2, 0.25) is 0 Å². The Morgan fingerprint density at radius 1 is 1.50 bits per heavy atom. The van der Waals surface area contributed by atoms with Gasteiger partial charge >= 0.3 is 0 Å². The number of likely N-dealkylation sites (tertiary alicyclic amines) is 1. The predicted octanol–water partition coefficient (Wildman–Crippen LogP) is 1.25. The minimum Gasteiger partial charge on any atom is -0.364 e. The summed E-state index contributed by atoms with van der Waals surface area (Å²) in [5, 5.41) is 0. The fourth-order valence-corrected chi connectivity index (χ4v) is 2.35. The second kappa shape index (κ2) is 5.16. The average Bonchev–Trinajstić information content (AvgIpc) is 2.87. The van der Waals surface area contributed by atoms with Crippen molar-refractivity contribution in [2.24, 2.45) is 5.73 Å². The molecule has 2 rings (SSSR count). The second-order valence-corrected chi connectivity index (χ2v) is 4.41. The van der Waals surface area contributed by atoms with Crippen molar-refractivity contribution in [3.05, 3.63) is 29.6 Å². The van der Waals surface area contributed by atoms with E-state index in [1.54, 1.807) is 12.1 Å². The van der Waals surface area contributed by atoms with Gasteiger partial charge in [-0.1, -0.05) is 13.0 Å². The summed E-state index contributed by atoms with van der Waals surface area (Å²) < 4.78 is 0. The van der Waals surface area contributed by atoms with Crippen LogP contribution in [0.1, 0.15) is 48.4 Å². The number of carbonyl (C=O) groups is 2. The first kappa shape index (κ1) is 12.5. The number of hydrogen-bond donors (Lipinski definition) is 1. The minimum atomic E-state index is -0.539. The van der Waals surface area contributed by atoms with Gasteiger partial charge in [-0.15, -0.1) is 0 Å². The van der Waals surface area contributed by atoms with Crippen LogP contribution < -0.4 is 5.73 Å². The Morgan fingerprint density at radius 2 is 2.28 bits per heavy atom. The molecular weight excluding hydrogens is 230 g/mol. The fourth-order valence-electron chi connectivity index (χ4n) is 2.35. The van der Waals surface area contributed by atoms with Gasteiger partial charge in [-0.3, -0.25) is 9.59 Å². The number of pyridine rings is 1. The largest absolute Gasteiger partial charge is 0.364 e. The summed E-state index contributed by atoms with van der Waals surface area (Å²) >= 11 is 0. The van der Waals surface area contributed by atoms with Crippen molar-refractivity contribution in [1.82, 2.24) is 9.88 Å². The van der Waals surface area contributed by atoms with Gasteiger partial charge in [0.25, 0.3) is 5.91 Å². The number of nitrogens with zero attached hydrogens (tertiary/aromatic N) is 2. The number of amides is 2. The van der Waals surface area contributed by atoms with Crippen LogP contribution in [0.4, 0.5) is 0 Å². The molecule has 0 aliphatic carbocycles. The third kappa shape index (κ3) is 2.34. The highest BCUT2D eigenvalue weighted by atomic mass is 16.2. The van der Waals surface area contributed by atoms with Crippen molar-refractivity contribution < 1.29 is 9.59 Å². The molecule has 0 saturated carbocycles. The highest BCUT2D eigenvalue weighted by Gasteiger charge is 2.30. The normalized spacial score (nSPS) is 18.9. The highest BCUT2D eigenvalue weighted by molar-refractivity contribution is 5.90. The molecule has 1 saturated heterocycles. The Hall–Kier alpha value is -1.91. The molecule has 2 amide bonds. The van der Waals surface area contributed by atoms with Crippen molar-refractivity contribution >= 4 is 11.8 Å². The number of nitrogens with two attached hydrogens (primary N) is 1. The third-order valence-corrected chi connectivity index (χ3v) is 3.24. The summed E-state index contributed by atoms with van der Waals surface area (Å²) in [6, 6.07) is 5.18. The van der Waals surface area contributed by atoms with Crippen LogP contribution in [0.15, 0.2) is 18.2 Å². The molecule has 0 spiro atoms. The van der Waals surface area contributed by atoms with Crippen molar-refractivity contribution in [3.8, 4) is 0 Å². The maximum atomic E-state index is 11.8. The van der Waals surface area contributed by atoms with Gasteiger partial charge in [0, 0.05) is 13.0 Å². The average molecular weight is 247 g/mol. The predicted molar refractivity (Wildman–Crippen MR) is 66.7 cm³/mol. The molecular formula is C13H17N3O2. The van der Waals surface area contributed by atoms with Crippen molar-refractivity contribution in [2.45, 2.75) is 32.2 Å². The molecule has 1 aliphatic rings. The van der Waals surface area contributed by atoms with Crippen LogP contribution in [-0.4, -0.2) is 28.2 Å². The number of rotatable bonds is 3. The van der Waals surface area contributed by atoms with Gasteiger partial charge in [-0.2, -0.15) is 0 Å². The van der Waals surface area contributed by atoms with Crippen LogP contribution in [0.3, 0.4) is 0 Å². The molecule has 0 bridgehead atoms. The summed E-state index contributed by atoms with van der Waals surface area (Å²) in [5.41, 5.74) is 6.23. The van der Waals surface area contributed by atoms with E-state index < -0.39 is 5.91 Å². The van der Waals surface area contributed by atoms with Gasteiger partial charge in [0.05, 0.1) is 11.7 Å². The number of primary amides is 1. The van der Waals surface area contributed by atoms with Gasteiger partial charge < -0.3 is 10.6 Å². The third-order valence-electron chi connectivity index (χ3n) is 3.24. The zero-order valence-corrected chi connectivity index (χ0v) is 10.4. The molecule has 1 aliphatic heterocycles. The number of aromatic nitrogens is 1. The molecule has 2 N–H and O–H groups in total. The molecule has 0 radical (unpaired) electrons. The van der Waals surface area contributed by atoms with E-state index in [4.69, 9.17) is 5.73 Å². The van der Waals surface area contributed by atoms with Gasteiger partial charge in [0.1, 0.15) is 5.69 Å². The van der Waals surface area contributed by atoms with Crippen molar-refractivity contribution in [3.63, 3.8) is 0 Å². The Morgan fingerprint density at radius 3 is 2.94 bits per heavy atom. The highest BCUT2D eigenvalue weighted by Crippen LogP contribution is 2.31. The lowest BCUT2D eigenvalue weighted by Crippen LogP contribution is -2.30. The lowest BCUT2D eigenvalue weighted by molar-refractivity contribution is -0.131. The zero-order chi connectivity index (χ0) is 13.1. The topological polar surface area (TPSA) is 76.3 Å². The van der Waals surface area contributed by atoms with E-state index in [1.807, 2.05) is 17.9 Å². The van der Waals surface area contributed by atoms with E-state index in [1.165, 1.54) is 0 Å². The molecule has 5 heteroatoms. The first-order valence-corrected chi connectivity index (χ1v) is 6.19. The number of hydrogen-bond acceptors (Lipinski definition) is 3. The molecule has 1 atom stereocenters. The second-order valence-electron chi connectivity index (χ2n) is 4.41. The summed E-state index contributed by atoms with van der Waals surface area (Å²) in [7, 11) is 0. The van der Waals surface area contributed by atoms with Crippen LogP contribution >= 0.6 is 0 Å². The Kier molecular flexibility index (Phi) is 3.60. The van der Waals surface area contributed by atoms with Gasteiger partial charge in [0.2, 0.25) is 5.91 Å². The summed E-state index contributed by atoms with van der Waals surface area (Å²) in [5.74, 6) is -0.410. The van der Waals surface area contributed by atoms with Crippen LogP contribution in [0.25, 0.3) is 0 Å². The molecule has 0 aromatic carbocycles. The maximum Gasteiger partial charge on any atom is 0.267 e. The van der Waals surface area contributed by atoms with E-state index in [0.717, 1.165) is 25.1 Å². The van der Waals surface area contributed by atoms with Gasteiger partial charge in [0.15, 0.2) is 0 Å². The van der Waals surface area contributed by atoms with E-state index in [2.05, 4.69) is 4.98 Å². The standard InChI is InChI=1S/C13H17N3O2/c1-2-12(17)16-8-4-7-11(16)9-5-3-6-10(15-9)13(14)18/h3,5-6,11H,2,4,7-8H2,1H3,(H2,14,18)/t11-/m0/s1. The first-order valence-electron chi connectivity index (χ1n) is 6.19. The van der Waals surface area contributed by atoms with E-state index >= 15 is 0 Å². The fraction of sp³-hybridized carbons (Fsp3) is 0.462. The molecule has 1 aromatic rings. The Bertz CT molecular complexity index is 473. The van der Waals surface area contributed by atoms with Gasteiger partial charge in [-0.05, 0) is 25.0 Å². The molecule has 1 aromatic heterocycles. The molecule has 1 fully saturated rings. The lowest BCUT2D eigenvalue weighted by atomic mass is 10.1. The Labute approximate surface area is 106 Å². The van der Waals surface area contributed by atoms with E-state index in [0.29, 0.717) is 6.42 Å². The quantitative estimate of drug-likeness (QED) is 0.873. The molecule has 18 heavy (non-hydrogen) atoms. The lowest BCUT2D eigenvalue weighted by Gasteiger charge is -2.24. The maximum absolute atomic E-state index is 11.8. The molecule has 2 heterocycles. The minimum absolute atomic E-state index is 0.0169. The van der Waals surface area contributed by atoms with Crippen molar-refractivity contribution in [1.29, 1.82) is 0 Å². The van der Waals surface area contributed by atoms with Crippen LogP contribution in [-0.2, 0) is 4.79 Å². The van der Waals surface area contributed by atoms with Crippen molar-refractivity contribution in [2.75, 3.05) is 6.54 Å².